The van der Waals surface area contributed by atoms with E-state index in [4.69, 9.17) is 9.47 Å². The van der Waals surface area contributed by atoms with Gasteiger partial charge < -0.3 is 19.7 Å². The molecule has 0 saturated carbocycles. The summed E-state index contributed by atoms with van der Waals surface area (Å²) in [6.07, 6.45) is 0.295. The molecule has 142 valence electrons. The van der Waals surface area contributed by atoms with Gasteiger partial charge in [0, 0.05) is 13.1 Å². The molecule has 2 amide bonds. The fourth-order valence-corrected chi connectivity index (χ4v) is 2.75. The summed E-state index contributed by atoms with van der Waals surface area (Å²) >= 11 is 0. The Morgan fingerprint density at radius 2 is 2.04 bits per heavy atom. The first-order valence-electron chi connectivity index (χ1n) is 8.97. The van der Waals surface area contributed by atoms with Crippen LogP contribution in [0.3, 0.4) is 0 Å². The average molecular weight is 362 g/mol. The smallest absolute Gasteiger partial charge is 0.308 e. The predicted octanol–water partition coefficient (Wildman–Crippen LogP) is 1.76. The van der Waals surface area contributed by atoms with E-state index in [0.717, 1.165) is 0 Å². The third-order valence-electron chi connectivity index (χ3n) is 4.28. The van der Waals surface area contributed by atoms with Crippen LogP contribution in [0.25, 0.3) is 0 Å². The van der Waals surface area contributed by atoms with Gasteiger partial charge in [0.1, 0.15) is 11.8 Å². The van der Waals surface area contributed by atoms with Crippen molar-refractivity contribution in [1.82, 2.24) is 10.2 Å². The molecule has 1 aromatic rings. The molecule has 1 aliphatic heterocycles. The van der Waals surface area contributed by atoms with E-state index < -0.39 is 12.0 Å². The van der Waals surface area contributed by atoms with Crippen molar-refractivity contribution in [2.45, 2.75) is 45.8 Å². The van der Waals surface area contributed by atoms with Crippen LogP contribution in [0.1, 0.15) is 44.0 Å². The number of hydrogen-bond acceptors (Lipinski definition) is 5. The second-order valence-electron chi connectivity index (χ2n) is 6.15. The van der Waals surface area contributed by atoms with Crippen LogP contribution in [0, 0.1) is 0 Å². The summed E-state index contributed by atoms with van der Waals surface area (Å²) in [5.74, 6) is -0.700. The van der Waals surface area contributed by atoms with Crippen molar-refractivity contribution < 1.29 is 23.9 Å². The van der Waals surface area contributed by atoms with Crippen molar-refractivity contribution in [1.29, 1.82) is 0 Å². The minimum atomic E-state index is -0.887. The summed E-state index contributed by atoms with van der Waals surface area (Å²) in [6, 6.07) is 6.02. The van der Waals surface area contributed by atoms with Crippen molar-refractivity contribution in [2.24, 2.45) is 0 Å². The maximum atomic E-state index is 13.0. The van der Waals surface area contributed by atoms with Gasteiger partial charge in [-0.25, -0.2) is 0 Å². The highest BCUT2D eigenvalue weighted by atomic mass is 16.5. The van der Waals surface area contributed by atoms with E-state index in [1.807, 2.05) is 13.8 Å². The molecule has 1 aromatic carbocycles. The normalized spacial score (nSPS) is 18.0. The van der Waals surface area contributed by atoms with Crippen LogP contribution < -0.4 is 10.1 Å². The number of piperazine rings is 1. The molecule has 0 aliphatic carbocycles. The van der Waals surface area contributed by atoms with Gasteiger partial charge in [0.25, 0.3) is 5.91 Å². The third kappa shape index (κ3) is 4.74. The Bertz CT molecular complexity index is 661. The number of carbonyl (C=O) groups is 3. The summed E-state index contributed by atoms with van der Waals surface area (Å²) in [5, 5.41) is 2.71. The fourth-order valence-electron chi connectivity index (χ4n) is 2.75. The molecule has 0 bridgehead atoms. The number of nitrogens with one attached hydrogen (secondary N) is 1. The number of rotatable bonds is 7. The Hall–Kier alpha value is -2.57. The van der Waals surface area contributed by atoms with E-state index in [0.29, 0.717) is 37.4 Å². The van der Waals surface area contributed by atoms with Gasteiger partial charge in [0.15, 0.2) is 0 Å². The fraction of sp³-hybridized carbons (Fsp3) is 0.526. The molecule has 7 heteroatoms. The first-order valence-corrected chi connectivity index (χ1v) is 8.97. The number of benzene rings is 1. The molecule has 1 saturated heterocycles. The van der Waals surface area contributed by atoms with Crippen LogP contribution in [0.5, 0.6) is 5.75 Å². The van der Waals surface area contributed by atoms with Crippen LogP contribution in [0.15, 0.2) is 24.3 Å². The highest BCUT2D eigenvalue weighted by molar-refractivity contribution is 6.01. The highest BCUT2D eigenvalue weighted by Crippen LogP contribution is 2.22. The van der Waals surface area contributed by atoms with Gasteiger partial charge in [0.05, 0.1) is 24.7 Å². The molecule has 0 radical (unpaired) electrons. The average Bonchev–Trinajstić information content (AvgIpc) is 2.63. The Morgan fingerprint density at radius 1 is 1.31 bits per heavy atom. The molecule has 0 spiro atoms. The number of esters is 1. The molecule has 7 nitrogen and oxygen atoms in total. The van der Waals surface area contributed by atoms with Crippen molar-refractivity contribution in [3.05, 3.63) is 29.8 Å². The number of ether oxygens (including phenoxy) is 2. The molecule has 1 aliphatic rings. The van der Waals surface area contributed by atoms with E-state index in [1.165, 1.54) is 4.90 Å². The topological polar surface area (TPSA) is 84.9 Å². The summed E-state index contributed by atoms with van der Waals surface area (Å²) in [4.78, 5) is 38.9. The molecule has 1 N–H and O–H groups in total. The van der Waals surface area contributed by atoms with E-state index >= 15 is 0 Å². The maximum Gasteiger partial charge on any atom is 0.308 e. The lowest BCUT2D eigenvalue weighted by Gasteiger charge is -2.35. The summed E-state index contributed by atoms with van der Waals surface area (Å²) < 4.78 is 10.8. The van der Waals surface area contributed by atoms with Gasteiger partial charge in [-0.05, 0) is 32.4 Å². The molecule has 1 heterocycles. The lowest BCUT2D eigenvalue weighted by atomic mass is 10.1. The Balaban J connectivity index is 2.20. The third-order valence-corrected chi connectivity index (χ3v) is 4.28. The van der Waals surface area contributed by atoms with Gasteiger partial charge in [0.2, 0.25) is 5.91 Å². The zero-order valence-corrected chi connectivity index (χ0v) is 15.5. The molecule has 1 fully saturated rings. The van der Waals surface area contributed by atoms with E-state index in [2.05, 4.69) is 5.32 Å². The summed E-state index contributed by atoms with van der Waals surface area (Å²) in [7, 11) is 0. The largest absolute Gasteiger partial charge is 0.493 e. The molecule has 2 rings (SSSR count). The second kappa shape index (κ2) is 9.22. The van der Waals surface area contributed by atoms with E-state index in [9.17, 15) is 14.4 Å². The van der Waals surface area contributed by atoms with Gasteiger partial charge in [-0.1, -0.05) is 19.1 Å². The molecule has 26 heavy (non-hydrogen) atoms. The second-order valence-corrected chi connectivity index (χ2v) is 6.15. The number of hydrogen-bond donors (Lipinski definition) is 1. The van der Waals surface area contributed by atoms with Crippen molar-refractivity contribution >= 4 is 17.8 Å². The van der Waals surface area contributed by atoms with E-state index in [-0.39, 0.29) is 24.3 Å². The van der Waals surface area contributed by atoms with Crippen LogP contribution in [-0.4, -0.2) is 54.5 Å². The predicted molar refractivity (Wildman–Crippen MR) is 95.9 cm³/mol. The standard InChI is InChI=1S/C19H26N2O5/c1-4-13(3)26-17(22)12-15-18(23)20-10-11-21(15)19(24)14-8-6-7-9-16(14)25-5-2/h6-9,13,15H,4-5,10-12H2,1-3H3,(H,20,23). The minimum absolute atomic E-state index is 0.168. The molecule has 2 atom stereocenters. The summed E-state index contributed by atoms with van der Waals surface area (Å²) in [5.41, 5.74) is 0.379. The van der Waals surface area contributed by atoms with Crippen LogP contribution in [0.2, 0.25) is 0 Å². The van der Waals surface area contributed by atoms with Gasteiger partial charge in [-0.3, -0.25) is 14.4 Å². The molecular weight excluding hydrogens is 336 g/mol. The Morgan fingerprint density at radius 3 is 2.73 bits per heavy atom. The number of amides is 2. The lowest BCUT2D eigenvalue weighted by Crippen LogP contribution is -2.58. The Labute approximate surface area is 153 Å². The van der Waals surface area contributed by atoms with Crippen LogP contribution in [-0.2, 0) is 14.3 Å². The first-order chi connectivity index (χ1) is 12.5. The highest BCUT2D eigenvalue weighted by Gasteiger charge is 2.36. The zero-order valence-electron chi connectivity index (χ0n) is 15.5. The maximum absolute atomic E-state index is 13.0. The number of para-hydroxylation sites is 1. The minimum Gasteiger partial charge on any atom is -0.493 e. The lowest BCUT2D eigenvalue weighted by molar-refractivity contribution is -0.151. The molecule has 0 aromatic heterocycles. The van der Waals surface area contributed by atoms with Crippen LogP contribution in [0.4, 0.5) is 0 Å². The first kappa shape index (κ1) is 19.8. The monoisotopic (exact) mass is 362 g/mol. The van der Waals surface area contributed by atoms with Gasteiger partial charge in [-0.2, -0.15) is 0 Å². The number of carbonyl (C=O) groups excluding carboxylic acids is 3. The van der Waals surface area contributed by atoms with Crippen LogP contribution >= 0.6 is 0 Å². The van der Waals surface area contributed by atoms with Crippen molar-refractivity contribution in [3.8, 4) is 5.75 Å². The van der Waals surface area contributed by atoms with Crippen molar-refractivity contribution in [2.75, 3.05) is 19.7 Å². The van der Waals surface area contributed by atoms with E-state index in [1.54, 1.807) is 31.2 Å². The summed E-state index contributed by atoms with van der Waals surface area (Å²) in [6.45, 7) is 6.63. The quantitative estimate of drug-likeness (QED) is 0.747. The molecule has 2 unspecified atom stereocenters. The van der Waals surface area contributed by atoms with Gasteiger partial charge >= 0.3 is 5.97 Å². The molecular formula is C19H26N2O5. The Kier molecular flexibility index (Phi) is 7.00. The number of nitrogens with zero attached hydrogens (tertiary/aromatic N) is 1. The zero-order chi connectivity index (χ0) is 19.1. The van der Waals surface area contributed by atoms with Crippen molar-refractivity contribution in [3.63, 3.8) is 0 Å². The van der Waals surface area contributed by atoms with Gasteiger partial charge in [-0.15, -0.1) is 0 Å². The SMILES string of the molecule is CCOc1ccccc1C(=O)N1CCNC(=O)C1CC(=O)OC(C)CC.